The minimum atomic E-state index is -0.206. The van der Waals surface area contributed by atoms with E-state index in [2.05, 4.69) is 10.4 Å². The summed E-state index contributed by atoms with van der Waals surface area (Å²) in [4.78, 5) is 16.1. The van der Waals surface area contributed by atoms with E-state index in [1.165, 1.54) is 5.56 Å². The van der Waals surface area contributed by atoms with Crippen LogP contribution in [0, 0.1) is 6.92 Å². The molecule has 0 fully saturated rings. The minimum absolute atomic E-state index is 0.206. The van der Waals surface area contributed by atoms with E-state index >= 15 is 0 Å². The summed E-state index contributed by atoms with van der Waals surface area (Å²) in [5.74, 6) is -0.206. The number of nitrogens with one attached hydrogen (secondary N) is 1. The van der Waals surface area contributed by atoms with Gasteiger partial charge in [0.1, 0.15) is 5.69 Å². The molecule has 0 saturated carbocycles. The third-order valence-corrected chi connectivity index (χ3v) is 2.80. The van der Waals surface area contributed by atoms with E-state index in [4.69, 9.17) is 0 Å². The Bertz CT molecular complexity index is 537. The SMILES string of the molecule is CCN(NC(=O)c1ccccn1)c1ccc(C)cc1. The molecule has 0 aliphatic rings. The standard InChI is InChI=1S/C15H17N3O/c1-3-18(13-9-7-12(2)8-10-13)17-15(19)14-6-4-5-11-16-14/h4-11H,3H2,1-2H3,(H,17,19). The molecular weight excluding hydrogens is 238 g/mol. The first-order chi connectivity index (χ1) is 9.20. The molecule has 1 aromatic carbocycles. The van der Waals surface area contributed by atoms with Crippen LogP contribution in [0.5, 0.6) is 0 Å². The van der Waals surface area contributed by atoms with Crippen molar-refractivity contribution in [3.8, 4) is 0 Å². The fraction of sp³-hybridized carbons (Fsp3) is 0.200. The molecule has 0 bridgehead atoms. The molecule has 0 radical (unpaired) electrons. The summed E-state index contributed by atoms with van der Waals surface area (Å²) in [6.07, 6.45) is 1.61. The van der Waals surface area contributed by atoms with E-state index in [0.29, 0.717) is 12.2 Å². The van der Waals surface area contributed by atoms with Gasteiger partial charge in [-0.15, -0.1) is 0 Å². The Hall–Kier alpha value is -2.36. The van der Waals surface area contributed by atoms with Crippen molar-refractivity contribution in [1.82, 2.24) is 10.4 Å². The van der Waals surface area contributed by atoms with Gasteiger partial charge in [0.15, 0.2) is 0 Å². The molecule has 0 atom stereocenters. The van der Waals surface area contributed by atoms with Crippen LogP contribution in [0.4, 0.5) is 5.69 Å². The zero-order valence-electron chi connectivity index (χ0n) is 11.1. The fourth-order valence-electron chi connectivity index (χ4n) is 1.73. The Morgan fingerprint density at radius 3 is 2.53 bits per heavy atom. The van der Waals surface area contributed by atoms with Gasteiger partial charge in [0, 0.05) is 12.7 Å². The highest BCUT2D eigenvalue weighted by atomic mass is 16.2. The number of carbonyl (C=O) groups excluding carboxylic acids is 1. The predicted molar refractivity (Wildman–Crippen MR) is 75.9 cm³/mol. The average molecular weight is 255 g/mol. The van der Waals surface area contributed by atoms with Crippen molar-refractivity contribution >= 4 is 11.6 Å². The van der Waals surface area contributed by atoms with Crippen molar-refractivity contribution in [3.63, 3.8) is 0 Å². The molecule has 1 N–H and O–H groups in total. The van der Waals surface area contributed by atoms with Crippen LogP contribution in [-0.4, -0.2) is 17.4 Å². The molecule has 98 valence electrons. The normalized spacial score (nSPS) is 10.0. The van der Waals surface area contributed by atoms with Crippen molar-refractivity contribution in [2.45, 2.75) is 13.8 Å². The molecule has 4 nitrogen and oxygen atoms in total. The van der Waals surface area contributed by atoms with Gasteiger partial charge in [-0.1, -0.05) is 23.8 Å². The molecule has 0 spiro atoms. The minimum Gasteiger partial charge on any atom is -0.286 e. The third-order valence-electron chi connectivity index (χ3n) is 2.80. The van der Waals surface area contributed by atoms with E-state index in [1.54, 1.807) is 29.4 Å². The maximum Gasteiger partial charge on any atom is 0.288 e. The van der Waals surface area contributed by atoms with Crippen LogP contribution in [0.25, 0.3) is 0 Å². The van der Waals surface area contributed by atoms with Crippen molar-refractivity contribution in [3.05, 3.63) is 59.9 Å². The van der Waals surface area contributed by atoms with Gasteiger partial charge in [-0.2, -0.15) is 0 Å². The van der Waals surface area contributed by atoms with Gasteiger partial charge in [-0.3, -0.25) is 20.2 Å². The summed E-state index contributed by atoms with van der Waals surface area (Å²) >= 11 is 0. The van der Waals surface area contributed by atoms with Crippen LogP contribution in [0.1, 0.15) is 23.0 Å². The smallest absolute Gasteiger partial charge is 0.286 e. The van der Waals surface area contributed by atoms with Crippen LogP contribution in [0.15, 0.2) is 48.7 Å². The van der Waals surface area contributed by atoms with Gasteiger partial charge >= 0.3 is 0 Å². The molecule has 0 saturated heterocycles. The molecule has 2 rings (SSSR count). The number of aryl methyl sites for hydroxylation is 1. The summed E-state index contributed by atoms with van der Waals surface area (Å²) in [6.45, 7) is 4.70. The lowest BCUT2D eigenvalue weighted by molar-refractivity contribution is 0.0944. The lowest BCUT2D eigenvalue weighted by Gasteiger charge is -2.23. The number of amides is 1. The van der Waals surface area contributed by atoms with Crippen molar-refractivity contribution < 1.29 is 4.79 Å². The van der Waals surface area contributed by atoms with E-state index in [9.17, 15) is 4.79 Å². The number of nitrogens with zero attached hydrogens (tertiary/aromatic N) is 2. The zero-order chi connectivity index (χ0) is 13.7. The summed E-state index contributed by atoms with van der Waals surface area (Å²) in [7, 11) is 0. The number of rotatable bonds is 4. The second-order valence-corrected chi connectivity index (χ2v) is 4.24. The number of carbonyl (C=O) groups is 1. The molecule has 1 amide bonds. The Morgan fingerprint density at radius 1 is 1.21 bits per heavy atom. The summed E-state index contributed by atoms with van der Waals surface area (Å²) < 4.78 is 0. The summed E-state index contributed by atoms with van der Waals surface area (Å²) in [6, 6.07) is 13.3. The molecule has 1 heterocycles. The molecule has 2 aromatic rings. The second kappa shape index (κ2) is 6.00. The van der Waals surface area contributed by atoms with Gasteiger partial charge < -0.3 is 0 Å². The summed E-state index contributed by atoms with van der Waals surface area (Å²) in [5, 5.41) is 1.80. The number of aromatic nitrogens is 1. The summed E-state index contributed by atoms with van der Waals surface area (Å²) in [5.41, 5.74) is 5.41. The number of pyridine rings is 1. The topological polar surface area (TPSA) is 45.2 Å². The lowest BCUT2D eigenvalue weighted by Crippen LogP contribution is -2.42. The molecule has 0 unspecified atom stereocenters. The number of hydrazine groups is 1. The molecular formula is C15H17N3O. The number of hydrogen-bond donors (Lipinski definition) is 1. The molecule has 0 aliphatic heterocycles. The van der Waals surface area contributed by atoms with Crippen LogP contribution >= 0.6 is 0 Å². The zero-order valence-corrected chi connectivity index (χ0v) is 11.1. The average Bonchev–Trinajstić information content (AvgIpc) is 2.46. The fourth-order valence-corrected chi connectivity index (χ4v) is 1.73. The van der Waals surface area contributed by atoms with Crippen LogP contribution in [0.3, 0.4) is 0 Å². The third kappa shape index (κ3) is 3.31. The van der Waals surface area contributed by atoms with Crippen molar-refractivity contribution in [2.24, 2.45) is 0 Å². The quantitative estimate of drug-likeness (QED) is 0.854. The maximum atomic E-state index is 12.0. The Labute approximate surface area is 113 Å². The highest BCUT2D eigenvalue weighted by molar-refractivity contribution is 5.93. The van der Waals surface area contributed by atoms with E-state index in [0.717, 1.165) is 5.69 Å². The van der Waals surface area contributed by atoms with Gasteiger partial charge in [0.05, 0.1) is 5.69 Å². The number of benzene rings is 1. The molecule has 1 aromatic heterocycles. The van der Waals surface area contributed by atoms with E-state index < -0.39 is 0 Å². The highest BCUT2D eigenvalue weighted by Crippen LogP contribution is 2.13. The van der Waals surface area contributed by atoms with Crippen molar-refractivity contribution in [1.29, 1.82) is 0 Å². The maximum absolute atomic E-state index is 12.0. The number of hydrogen-bond acceptors (Lipinski definition) is 3. The molecule has 19 heavy (non-hydrogen) atoms. The Balaban J connectivity index is 2.11. The first kappa shape index (κ1) is 13.1. The van der Waals surface area contributed by atoms with Crippen molar-refractivity contribution in [2.75, 3.05) is 11.6 Å². The largest absolute Gasteiger partial charge is 0.288 e. The number of anilines is 1. The Kier molecular flexibility index (Phi) is 4.13. The second-order valence-electron chi connectivity index (χ2n) is 4.24. The van der Waals surface area contributed by atoms with Gasteiger partial charge in [0.25, 0.3) is 5.91 Å². The van der Waals surface area contributed by atoms with Crippen LogP contribution in [0.2, 0.25) is 0 Å². The molecule has 0 aliphatic carbocycles. The first-order valence-electron chi connectivity index (χ1n) is 6.27. The van der Waals surface area contributed by atoms with Gasteiger partial charge in [0.2, 0.25) is 0 Å². The van der Waals surface area contributed by atoms with Gasteiger partial charge in [-0.05, 0) is 38.1 Å². The first-order valence-corrected chi connectivity index (χ1v) is 6.27. The van der Waals surface area contributed by atoms with Crippen LogP contribution in [-0.2, 0) is 0 Å². The van der Waals surface area contributed by atoms with Gasteiger partial charge in [-0.25, -0.2) is 0 Å². The highest BCUT2D eigenvalue weighted by Gasteiger charge is 2.11. The predicted octanol–water partition coefficient (Wildman–Crippen LogP) is 2.56. The van der Waals surface area contributed by atoms with E-state index in [1.807, 2.05) is 38.1 Å². The lowest BCUT2D eigenvalue weighted by atomic mass is 10.2. The monoisotopic (exact) mass is 255 g/mol. The Morgan fingerprint density at radius 2 is 1.95 bits per heavy atom. The van der Waals surface area contributed by atoms with E-state index in [-0.39, 0.29) is 5.91 Å². The molecule has 4 heteroatoms. The van der Waals surface area contributed by atoms with Crippen LogP contribution < -0.4 is 10.4 Å².